The van der Waals surface area contributed by atoms with E-state index in [0.717, 1.165) is 0 Å². The van der Waals surface area contributed by atoms with Gasteiger partial charge >= 0.3 is 0 Å². The molecule has 0 spiro atoms. The molecule has 106 valence electrons. The summed E-state index contributed by atoms with van der Waals surface area (Å²) in [7, 11) is -2.30. The number of anilines is 2. The Labute approximate surface area is 122 Å². The highest BCUT2D eigenvalue weighted by atomic mass is 35.5. The van der Waals surface area contributed by atoms with E-state index in [1.54, 1.807) is 18.2 Å². The van der Waals surface area contributed by atoms with Crippen LogP contribution in [0.25, 0.3) is 0 Å². The third kappa shape index (κ3) is 3.15. The van der Waals surface area contributed by atoms with Crippen molar-refractivity contribution >= 4 is 33.0 Å². The number of benzene rings is 2. The first-order valence-electron chi connectivity index (χ1n) is 5.64. The zero-order valence-electron chi connectivity index (χ0n) is 10.6. The number of hydrogen-bond acceptors (Lipinski definition) is 4. The van der Waals surface area contributed by atoms with Crippen LogP contribution in [0.4, 0.5) is 11.4 Å². The van der Waals surface area contributed by atoms with E-state index in [2.05, 4.69) is 4.72 Å². The van der Waals surface area contributed by atoms with Gasteiger partial charge in [-0.25, -0.2) is 8.42 Å². The monoisotopic (exact) mass is 312 g/mol. The molecule has 0 saturated heterocycles. The van der Waals surface area contributed by atoms with Gasteiger partial charge in [-0.3, -0.25) is 4.72 Å². The predicted molar refractivity (Wildman–Crippen MR) is 79.7 cm³/mol. The fourth-order valence-corrected chi connectivity index (χ4v) is 2.88. The molecule has 0 aliphatic carbocycles. The van der Waals surface area contributed by atoms with E-state index in [-0.39, 0.29) is 4.90 Å². The molecular formula is C13H13ClN2O3S. The first-order chi connectivity index (χ1) is 9.42. The summed E-state index contributed by atoms with van der Waals surface area (Å²) in [4.78, 5) is 0.0588. The van der Waals surface area contributed by atoms with Crippen molar-refractivity contribution < 1.29 is 13.2 Å². The van der Waals surface area contributed by atoms with Gasteiger partial charge in [0.15, 0.2) is 0 Å². The Hall–Kier alpha value is -1.92. The highest BCUT2D eigenvalue weighted by Crippen LogP contribution is 2.26. The lowest BCUT2D eigenvalue weighted by Gasteiger charge is -2.10. The summed E-state index contributed by atoms with van der Waals surface area (Å²) in [5, 5.41) is 0.445. The van der Waals surface area contributed by atoms with Crippen LogP contribution in [0.3, 0.4) is 0 Å². The lowest BCUT2D eigenvalue weighted by molar-refractivity contribution is 0.415. The summed E-state index contributed by atoms with van der Waals surface area (Å²) < 4.78 is 31.9. The molecule has 0 aromatic heterocycles. The van der Waals surface area contributed by atoms with Gasteiger partial charge in [0.1, 0.15) is 5.75 Å². The van der Waals surface area contributed by atoms with Crippen molar-refractivity contribution in [3.8, 4) is 5.75 Å². The number of nitrogens with two attached hydrogens (primary N) is 1. The molecule has 7 heteroatoms. The number of halogens is 1. The summed E-state index contributed by atoms with van der Waals surface area (Å²) in [6.45, 7) is 0. The Morgan fingerprint density at radius 1 is 1.20 bits per heavy atom. The van der Waals surface area contributed by atoms with Crippen LogP contribution >= 0.6 is 11.6 Å². The second-order valence-corrected chi connectivity index (χ2v) is 6.14. The average Bonchev–Trinajstić information content (AvgIpc) is 2.38. The van der Waals surface area contributed by atoms with E-state index in [4.69, 9.17) is 22.1 Å². The molecule has 0 aliphatic rings. The topological polar surface area (TPSA) is 81.4 Å². The van der Waals surface area contributed by atoms with Gasteiger partial charge in [-0.05, 0) is 30.3 Å². The fourth-order valence-electron chi connectivity index (χ4n) is 1.62. The molecule has 0 amide bonds. The number of nitrogens with one attached hydrogen (secondary N) is 1. The maximum Gasteiger partial charge on any atom is 0.262 e. The minimum atomic E-state index is -3.72. The van der Waals surface area contributed by atoms with Crippen LogP contribution < -0.4 is 15.2 Å². The smallest absolute Gasteiger partial charge is 0.262 e. The van der Waals surface area contributed by atoms with E-state index in [9.17, 15) is 8.42 Å². The molecular weight excluding hydrogens is 300 g/mol. The van der Waals surface area contributed by atoms with Crippen molar-refractivity contribution in [2.24, 2.45) is 0 Å². The minimum absolute atomic E-state index is 0.0588. The van der Waals surface area contributed by atoms with Crippen LogP contribution in [0, 0.1) is 0 Å². The van der Waals surface area contributed by atoms with E-state index in [1.165, 1.54) is 31.4 Å². The zero-order chi connectivity index (χ0) is 14.8. The van der Waals surface area contributed by atoms with Gasteiger partial charge in [-0.2, -0.15) is 0 Å². The van der Waals surface area contributed by atoms with Crippen molar-refractivity contribution in [3.63, 3.8) is 0 Å². The Morgan fingerprint density at radius 2 is 1.95 bits per heavy atom. The summed E-state index contributed by atoms with van der Waals surface area (Å²) in [6, 6.07) is 10.7. The summed E-state index contributed by atoms with van der Waals surface area (Å²) in [5.41, 5.74) is 6.41. The Morgan fingerprint density at radius 3 is 2.60 bits per heavy atom. The number of hydrogen-bond donors (Lipinski definition) is 2. The molecule has 2 aromatic rings. The number of rotatable bonds is 4. The maximum absolute atomic E-state index is 12.2. The van der Waals surface area contributed by atoms with Crippen LogP contribution in [0.5, 0.6) is 5.75 Å². The third-order valence-electron chi connectivity index (χ3n) is 2.59. The van der Waals surface area contributed by atoms with E-state index in [0.29, 0.717) is 22.1 Å². The molecule has 0 fully saturated rings. The first-order valence-corrected chi connectivity index (χ1v) is 7.50. The zero-order valence-corrected chi connectivity index (χ0v) is 12.2. The number of sulfonamides is 1. The lowest BCUT2D eigenvalue weighted by atomic mass is 10.3. The Bertz CT molecular complexity index is 732. The van der Waals surface area contributed by atoms with Gasteiger partial charge in [0, 0.05) is 11.1 Å². The van der Waals surface area contributed by atoms with E-state index >= 15 is 0 Å². The minimum Gasteiger partial charge on any atom is -0.495 e. The molecule has 3 N–H and O–H groups in total. The van der Waals surface area contributed by atoms with Gasteiger partial charge < -0.3 is 10.5 Å². The molecule has 5 nitrogen and oxygen atoms in total. The largest absolute Gasteiger partial charge is 0.495 e. The van der Waals surface area contributed by atoms with Gasteiger partial charge in [0.2, 0.25) is 0 Å². The highest BCUT2D eigenvalue weighted by Gasteiger charge is 2.16. The SMILES string of the molecule is COc1cc(S(=O)(=O)Nc2cccc(Cl)c2)ccc1N. The molecule has 2 aromatic carbocycles. The summed E-state index contributed by atoms with van der Waals surface area (Å²) in [5.74, 6) is 0.305. The van der Waals surface area contributed by atoms with Crippen molar-refractivity contribution in [2.45, 2.75) is 4.90 Å². The second kappa shape index (κ2) is 5.60. The highest BCUT2D eigenvalue weighted by molar-refractivity contribution is 7.92. The molecule has 0 bridgehead atoms. The van der Waals surface area contributed by atoms with Gasteiger partial charge in [-0.15, -0.1) is 0 Å². The van der Waals surface area contributed by atoms with Crippen LogP contribution in [0.15, 0.2) is 47.4 Å². The van der Waals surface area contributed by atoms with Crippen LogP contribution in [0.1, 0.15) is 0 Å². The van der Waals surface area contributed by atoms with Crippen LogP contribution in [-0.4, -0.2) is 15.5 Å². The maximum atomic E-state index is 12.2. The summed E-state index contributed by atoms with van der Waals surface area (Å²) >= 11 is 5.82. The molecule has 0 heterocycles. The quantitative estimate of drug-likeness (QED) is 0.851. The van der Waals surface area contributed by atoms with Crippen molar-refractivity contribution in [3.05, 3.63) is 47.5 Å². The first kappa shape index (κ1) is 14.5. The van der Waals surface area contributed by atoms with Crippen LogP contribution in [0.2, 0.25) is 5.02 Å². The standard InChI is InChI=1S/C13H13ClN2O3S/c1-19-13-8-11(5-6-12(13)15)20(17,18)16-10-4-2-3-9(14)7-10/h2-8,16H,15H2,1H3. The van der Waals surface area contributed by atoms with Gasteiger partial charge in [0.25, 0.3) is 10.0 Å². The molecule has 20 heavy (non-hydrogen) atoms. The number of methoxy groups -OCH3 is 1. The molecule has 0 unspecified atom stereocenters. The second-order valence-electron chi connectivity index (χ2n) is 4.02. The molecule has 0 saturated carbocycles. The van der Waals surface area contributed by atoms with E-state index < -0.39 is 10.0 Å². The van der Waals surface area contributed by atoms with Crippen molar-refractivity contribution in [1.82, 2.24) is 0 Å². The Kier molecular flexibility index (Phi) is 4.06. The molecule has 0 radical (unpaired) electrons. The lowest BCUT2D eigenvalue weighted by Crippen LogP contribution is -2.13. The van der Waals surface area contributed by atoms with Crippen LogP contribution in [-0.2, 0) is 10.0 Å². The molecule has 0 atom stereocenters. The van der Waals surface area contributed by atoms with Crippen molar-refractivity contribution in [1.29, 1.82) is 0 Å². The van der Waals surface area contributed by atoms with Gasteiger partial charge in [0.05, 0.1) is 23.4 Å². The number of ether oxygens (including phenoxy) is 1. The third-order valence-corrected chi connectivity index (χ3v) is 4.21. The predicted octanol–water partition coefficient (Wildman–Crippen LogP) is 2.73. The molecule has 0 aliphatic heterocycles. The fraction of sp³-hybridized carbons (Fsp3) is 0.0769. The van der Waals surface area contributed by atoms with Gasteiger partial charge in [-0.1, -0.05) is 17.7 Å². The normalized spacial score (nSPS) is 11.1. The summed E-state index contributed by atoms with van der Waals surface area (Å²) in [6.07, 6.45) is 0. The van der Waals surface area contributed by atoms with Crippen molar-refractivity contribution in [2.75, 3.05) is 17.6 Å². The molecule has 2 rings (SSSR count). The van der Waals surface area contributed by atoms with E-state index in [1.807, 2.05) is 0 Å². The number of nitrogen functional groups attached to an aromatic ring is 1. The Balaban J connectivity index is 2.35. The average molecular weight is 313 g/mol.